The van der Waals surface area contributed by atoms with E-state index in [1.807, 2.05) is 49.4 Å². The van der Waals surface area contributed by atoms with Gasteiger partial charge in [0.25, 0.3) is 5.91 Å². The average molecular weight is 765 g/mol. The molecule has 0 radical (unpaired) electrons. The predicted octanol–water partition coefficient (Wildman–Crippen LogP) is 4.58. The summed E-state index contributed by atoms with van der Waals surface area (Å²) in [7, 11) is 7.65. The maximum absolute atomic E-state index is 16.7. The molecule has 11 nitrogen and oxygen atoms in total. The number of anilines is 1. The molecule has 1 saturated heterocycles. The summed E-state index contributed by atoms with van der Waals surface area (Å²) < 4.78 is 16.7. The molecule has 7 rings (SSSR count). The van der Waals surface area contributed by atoms with E-state index >= 15 is 4.39 Å². The molecule has 1 aliphatic heterocycles. The largest absolute Gasteiger partial charge is 0.394 e. The highest BCUT2D eigenvalue weighted by atomic mass is 32.1. The van der Waals surface area contributed by atoms with Crippen molar-refractivity contribution in [2.24, 2.45) is 29.1 Å². The zero-order valence-electron chi connectivity index (χ0n) is 32.8. The minimum Gasteiger partial charge on any atom is -0.394 e. The monoisotopic (exact) mass is 764 g/mol. The average Bonchev–Trinajstić information content (AvgIpc) is 3.77. The molecule has 9 atom stereocenters. The van der Waals surface area contributed by atoms with Gasteiger partial charge in [-0.3, -0.25) is 14.4 Å². The highest BCUT2D eigenvalue weighted by molar-refractivity contribution is 7.07. The number of likely N-dealkylation sites (N-methyl/N-ethyl adjacent to an activating group) is 1. The fraction of sp³-hybridized carbons (Fsp3) is 0.585. The minimum atomic E-state index is -0.965. The number of aliphatic hydroxyl groups excluding tert-OH is 2. The van der Waals surface area contributed by atoms with Gasteiger partial charge in [-0.2, -0.15) is 5.06 Å². The molecule has 4 N–H and O–H groups in total. The molecule has 2 bridgehead atoms. The Labute approximate surface area is 322 Å². The molecule has 3 aromatic rings. The van der Waals surface area contributed by atoms with Crippen molar-refractivity contribution in [2.45, 2.75) is 83.8 Å². The Hall–Kier alpha value is -3.46. The lowest BCUT2D eigenvalue weighted by molar-refractivity contribution is -0.183. The van der Waals surface area contributed by atoms with Crippen LogP contribution in [0.2, 0.25) is 0 Å². The van der Waals surface area contributed by atoms with E-state index in [1.165, 1.54) is 22.8 Å². The number of carbonyl (C=O) groups is 2. The first-order valence-electron chi connectivity index (χ1n) is 19.0. The molecule has 54 heavy (non-hydrogen) atoms. The van der Waals surface area contributed by atoms with Crippen LogP contribution in [0.15, 0.2) is 47.3 Å². The van der Waals surface area contributed by atoms with Crippen LogP contribution in [0.1, 0.15) is 62.2 Å². The van der Waals surface area contributed by atoms with E-state index < -0.39 is 36.6 Å². The number of nitrogens with zero attached hydrogens (tertiary/aromatic N) is 4. The van der Waals surface area contributed by atoms with Crippen LogP contribution in [0, 0.1) is 34.9 Å². The molecule has 3 aliphatic carbocycles. The number of hydroxylamine groups is 2. The van der Waals surface area contributed by atoms with Crippen LogP contribution in [-0.2, 0) is 22.6 Å². The zero-order valence-corrected chi connectivity index (χ0v) is 33.6. The number of aromatic nitrogens is 1. The molecule has 0 unspecified atom stereocenters. The molecular formula is C41H57FN6O5S. The summed E-state index contributed by atoms with van der Waals surface area (Å²) in [6, 6.07) is 9.24. The van der Waals surface area contributed by atoms with E-state index in [0.717, 1.165) is 17.8 Å². The third kappa shape index (κ3) is 8.22. The summed E-state index contributed by atoms with van der Waals surface area (Å²) in [5.41, 5.74) is 5.15. The van der Waals surface area contributed by atoms with Gasteiger partial charge in [0.2, 0.25) is 5.91 Å². The van der Waals surface area contributed by atoms with Gasteiger partial charge in [-0.1, -0.05) is 39.0 Å². The Bertz CT molecular complexity index is 1790. The second-order valence-electron chi connectivity index (χ2n) is 16.8. The second kappa shape index (κ2) is 16.3. The number of halogens is 1. The number of aliphatic hydroxyl groups is 2. The van der Waals surface area contributed by atoms with Gasteiger partial charge in [-0.05, 0) is 80.8 Å². The summed E-state index contributed by atoms with van der Waals surface area (Å²) in [6.07, 6.45) is 0.830. The number of carbonyl (C=O) groups excluding carboxylic acids is 2. The SMILES string of the molecule is C[C@@H]1[C@@H](NC(=O)[C@@H]2[C@H]([C@H](C)O)[C@H](CO)ON2Cc2cccc(-c3cc(C(=O)N[C@@H](Cc4cscn4)CN(C)C)cc(N(C)C)c3)c2F)C[C@H]2C[C@@H]1C2(C)C. The molecule has 4 aliphatic rings. The van der Waals surface area contributed by atoms with Crippen molar-refractivity contribution in [3.63, 3.8) is 0 Å². The third-order valence-corrected chi connectivity index (χ3v) is 13.0. The molecule has 3 saturated carbocycles. The first-order chi connectivity index (χ1) is 25.6. The summed E-state index contributed by atoms with van der Waals surface area (Å²) in [5.74, 6) is -0.454. The molecule has 2 heterocycles. The number of rotatable bonds is 14. The van der Waals surface area contributed by atoms with Crippen LogP contribution in [0.3, 0.4) is 0 Å². The summed E-state index contributed by atoms with van der Waals surface area (Å²) >= 11 is 1.51. The molecular weight excluding hydrogens is 708 g/mol. The van der Waals surface area contributed by atoms with Crippen molar-refractivity contribution in [2.75, 3.05) is 46.2 Å². The fourth-order valence-corrected chi connectivity index (χ4v) is 9.77. The molecule has 13 heteroatoms. The molecule has 2 amide bonds. The van der Waals surface area contributed by atoms with E-state index in [2.05, 4.69) is 36.4 Å². The van der Waals surface area contributed by atoms with Crippen molar-refractivity contribution in [3.8, 4) is 11.1 Å². The first-order valence-corrected chi connectivity index (χ1v) is 20.0. The van der Waals surface area contributed by atoms with Crippen LogP contribution in [-0.4, -0.2) is 109 Å². The minimum absolute atomic E-state index is 0.0140. The molecule has 294 valence electrons. The van der Waals surface area contributed by atoms with Crippen LogP contribution >= 0.6 is 11.3 Å². The maximum Gasteiger partial charge on any atom is 0.251 e. The first kappa shape index (κ1) is 40.2. The Balaban J connectivity index is 1.26. The van der Waals surface area contributed by atoms with Gasteiger partial charge in [0.1, 0.15) is 18.0 Å². The van der Waals surface area contributed by atoms with Crippen molar-refractivity contribution in [1.82, 2.24) is 25.6 Å². The predicted molar refractivity (Wildman–Crippen MR) is 209 cm³/mol. The van der Waals surface area contributed by atoms with Gasteiger partial charge in [-0.25, -0.2) is 9.37 Å². The number of amides is 2. The zero-order chi connectivity index (χ0) is 39.1. The van der Waals surface area contributed by atoms with Crippen LogP contribution in [0.25, 0.3) is 11.1 Å². The molecule has 4 fully saturated rings. The van der Waals surface area contributed by atoms with Crippen molar-refractivity contribution in [1.29, 1.82) is 0 Å². The van der Waals surface area contributed by atoms with Crippen molar-refractivity contribution < 1.29 is 29.0 Å². The third-order valence-electron chi connectivity index (χ3n) is 12.3. The highest BCUT2D eigenvalue weighted by Gasteiger charge is 2.57. The van der Waals surface area contributed by atoms with E-state index in [0.29, 0.717) is 47.4 Å². The number of hydrogen-bond donors (Lipinski definition) is 4. The van der Waals surface area contributed by atoms with Crippen molar-refractivity contribution in [3.05, 3.63) is 69.9 Å². The van der Waals surface area contributed by atoms with Gasteiger partial charge in [0, 0.05) is 72.8 Å². The number of thiazole rings is 1. The lowest BCUT2D eigenvalue weighted by Crippen LogP contribution is -2.62. The van der Waals surface area contributed by atoms with E-state index in [1.54, 1.807) is 42.8 Å². The Morgan fingerprint density at radius 1 is 1.17 bits per heavy atom. The quantitative estimate of drug-likeness (QED) is 0.187. The van der Waals surface area contributed by atoms with Gasteiger partial charge in [0.05, 0.1) is 30.5 Å². The fourth-order valence-electron chi connectivity index (χ4n) is 9.19. The van der Waals surface area contributed by atoms with E-state index in [9.17, 15) is 19.8 Å². The summed E-state index contributed by atoms with van der Waals surface area (Å²) in [6.45, 7) is 8.52. The van der Waals surface area contributed by atoms with Gasteiger partial charge in [0.15, 0.2) is 0 Å². The lowest BCUT2D eigenvalue weighted by Gasteiger charge is -2.62. The van der Waals surface area contributed by atoms with Gasteiger partial charge >= 0.3 is 0 Å². The van der Waals surface area contributed by atoms with Gasteiger partial charge < -0.3 is 30.6 Å². The number of fused-ring (bicyclic) bond motifs is 2. The van der Waals surface area contributed by atoms with Crippen LogP contribution in [0.5, 0.6) is 0 Å². The Kier molecular flexibility index (Phi) is 12.2. The highest BCUT2D eigenvalue weighted by Crippen LogP contribution is 2.61. The summed E-state index contributed by atoms with van der Waals surface area (Å²) in [4.78, 5) is 42.4. The van der Waals surface area contributed by atoms with Crippen LogP contribution in [0.4, 0.5) is 10.1 Å². The Morgan fingerprint density at radius 2 is 1.93 bits per heavy atom. The standard InChI is InChI=1S/C41H57FN6O5S/c1-23-33-15-28(41(33,3)4)16-34(23)45-40(52)38-36(24(2)50)35(20-49)53-48(38)18-25-10-9-11-32(37(25)42)26-12-27(14-31(13-26)47(7)8)39(51)44-29(19-46(5)6)17-30-21-54-22-43-30/h9-14,21-24,28-29,33-36,38,49-50H,15-20H2,1-8H3,(H,44,51)(H,45,52)/t23-,24-,28+,29-,33-,34-,35-,36+,38-/m0/s1. The van der Waals surface area contributed by atoms with Gasteiger partial charge in [-0.15, -0.1) is 11.3 Å². The molecule has 0 spiro atoms. The van der Waals surface area contributed by atoms with Crippen molar-refractivity contribution >= 4 is 28.8 Å². The van der Waals surface area contributed by atoms with E-state index in [-0.39, 0.29) is 41.4 Å². The molecule has 1 aromatic heterocycles. The molecule has 2 aromatic carbocycles. The number of benzene rings is 2. The smallest absolute Gasteiger partial charge is 0.251 e. The lowest BCUT2D eigenvalue weighted by atomic mass is 9.45. The maximum atomic E-state index is 16.7. The van der Waals surface area contributed by atoms with E-state index in [4.69, 9.17) is 4.84 Å². The summed E-state index contributed by atoms with van der Waals surface area (Å²) in [5, 5.41) is 31.0. The second-order valence-corrected chi connectivity index (χ2v) is 17.5. The topological polar surface area (TPSA) is 130 Å². The number of hydrogen-bond acceptors (Lipinski definition) is 10. The normalized spacial score (nSPS) is 27.3. The van der Waals surface area contributed by atoms with Crippen LogP contribution < -0.4 is 15.5 Å². The Morgan fingerprint density at radius 3 is 2.54 bits per heavy atom. The number of nitrogens with one attached hydrogen (secondary N) is 2.